The molecule has 1 aliphatic heterocycles. The van der Waals surface area contributed by atoms with Crippen LogP contribution in [-0.4, -0.2) is 5.71 Å². The van der Waals surface area contributed by atoms with Crippen LogP contribution in [0.5, 0.6) is 0 Å². The standard InChI is InChI=1S/C20H17NOS/c1-14-8-10-15(11-9-14)20-13-17(18-6-4-12-22-18)21-16-5-2-3-7-19(16)23-20/h2-12,20H,13H2,1H3/t20-/m1/s1. The number of benzene rings is 2. The lowest BCUT2D eigenvalue weighted by molar-refractivity contribution is 0.555. The Morgan fingerprint density at radius 1 is 1.00 bits per heavy atom. The van der Waals surface area contributed by atoms with Crippen LogP contribution in [0, 0.1) is 6.92 Å². The molecule has 2 heterocycles. The van der Waals surface area contributed by atoms with Crippen molar-refractivity contribution in [1.29, 1.82) is 0 Å². The van der Waals surface area contributed by atoms with Crippen LogP contribution >= 0.6 is 11.8 Å². The third-order valence-corrected chi connectivity index (χ3v) is 5.35. The second kappa shape index (κ2) is 6.09. The van der Waals surface area contributed by atoms with Gasteiger partial charge < -0.3 is 4.42 Å². The molecule has 2 aromatic carbocycles. The minimum absolute atomic E-state index is 0.336. The molecule has 1 aromatic heterocycles. The van der Waals surface area contributed by atoms with Gasteiger partial charge in [0.2, 0.25) is 0 Å². The van der Waals surface area contributed by atoms with Gasteiger partial charge in [0.15, 0.2) is 0 Å². The Bertz CT molecular complexity index is 834. The predicted molar refractivity (Wildman–Crippen MR) is 95.7 cm³/mol. The normalized spacial score (nSPS) is 17.3. The van der Waals surface area contributed by atoms with Crippen molar-refractivity contribution < 1.29 is 4.42 Å². The molecular weight excluding hydrogens is 302 g/mol. The van der Waals surface area contributed by atoms with E-state index in [2.05, 4.69) is 49.4 Å². The highest BCUT2D eigenvalue weighted by molar-refractivity contribution is 7.99. The third-order valence-electron chi connectivity index (χ3n) is 4.02. The second-order valence-electron chi connectivity index (χ2n) is 5.72. The van der Waals surface area contributed by atoms with Gasteiger partial charge in [-0.15, -0.1) is 11.8 Å². The molecule has 0 saturated heterocycles. The van der Waals surface area contributed by atoms with Gasteiger partial charge in [-0.2, -0.15) is 0 Å². The molecule has 0 N–H and O–H groups in total. The van der Waals surface area contributed by atoms with Crippen LogP contribution in [0.15, 0.2) is 81.2 Å². The van der Waals surface area contributed by atoms with E-state index in [1.54, 1.807) is 6.26 Å². The lowest BCUT2D eigenvalue weighted by Crippen LogP contribution is -2.04. The number of furan rings is 1. The molecule has 2 nitrogen and oxygen atoms in total. The van der Waals surface area contributed by atoms with Crippen molar-refractivity contribution in [3.8, 4) is 0 Å². The van der Waals surface area contributed by atoms with Crippen molar-refractivity contribution in [1.82, 2.24) is 0 Å². The van der Waals surface area contributed by atoms with E-state index >= 15 is 0 Å². The van der Waals surface area contributed by atoms with Crippen molar-refractivity contribution in [2.24, 2.45) is 4.99 Å². The Kier molecular flexibility index (Phi) is 3.80. The monoisotopic (exact) mass is 319 g/mol. The number of thioether (sulfide) groups is 1. The van der Waals surface area contributed by atoms with Gasteiger partial charge in [0.25, 0.3) is 0 Å². The molecule has 4 rings (SSSR count). The number of aliphatic imine (C=N–C) groups is 1. The van der Waals surface area contributed by atoms with Gasteiger partial charge in [-0.25, -0.2) is 4.99 Å². The number of aryl methyl sites for hydroxylation is 1. The summed E-state index contributed by atoms with van der Waals surface area (Å²) in [7, 11) is 0. The summed E-state index contributed by atoms with van der Waals surface area (Å²) >= 11 is 1.88. The molecular formula is C20H17NOS. The summed E-state index contributed by atoms with van der Waals surface area (Å²) in [6, 6.07) is 21.0. The van der Waals surface area contributed by atoms with E-state index in [4.69, 9.17) is 9.41 Å². The largest absolute Gasteiger partial charge is 0.463 e. The number of fused-ring (bicyclic) bond motifs is 1. The number of nitrogens with zero attached hydrogens (tertiary/aromatic N) is 1. The SMILES string of the molecule is Cc1ccc([C@H]2CC(c3ccco3)=Nc3ccccc3S2)cc1. The van der Waals surface area contributed by atoms with Crippen molar-refractivity contribution in [3.63, 3.8) is 0 Å². The maximum absolute atomic E-state index is 5.61. The molecule has 1 atom stereocenters. The molecule has 0 saturated carbocycles. The van der Waals surface area contributed by atoms with E-state index in [1.165, 1.54) is 16.0 Å². The highest BCUT2D eigenvalue weighted by atomic mass is 32.2. The fourth-order valence-corrected chi connectivity index (χ4v) is 4.01. The lowest BCUT2D eigenvalue weighted by atomic mass is 10.0. The molecule has 0 aliphatic carbocycles. The number of rotatable bonds is 2. The first-order valence-corrected chi connectivity index (χ1v) is 8.61. The average molecular weight is 319 g/mol. The molecule has 0 spiro atoms. The first-order valence-electron chi connectivity index (χ1n) is 7.73. The van der Waals surface area contributed by atoms with Gasteiger partial charge in [-0.3, -0.25) is 0 Å². The summed E-state index contributed by atoms with van der Waals surface area (Å²) in [5.41, 5.74) is 4.65. The van der Waals surface area contributed by atoms with Crippen molar-refractivity contribution in [2.75, 3.05) is 0 Å². The lowest BCUT2D eigenvalue weighted by Gasteiger charge is -2.15. The summed E-state index contributed by atoms with van der Waals surface area (Å²) < 4.78 is 5.61. The van der Waals surface area contributed by atoms with Gasteiger partial charge >= 0.3 is 0 Å². The summed E-state index contributed by atoms with van der Waals surface area (Å²) in [5.74, 6) is 0.861. The van der Waals surface area contributed by atoms with Gasteiger partial charge in [-0.05, 0) is 36.8 Å². The van der Waals surface area contributed by atoms with Crippen LogP contribution in [0.1, 0.15) is 28.6 Å². The number of hydrogen-bond acceptors (Lipinski definition) is 3. The zero-order valence-corrected chi connectivity index (χ0v) is 13.7. The first kappa shape index (κ1) is 14.3. The Balaban J connectivity index is 1.78. The van der Waals surface area contributed by atoms with E-state index in [9.17, 15) is 0 Å². The Hall–Kier alpha value is -2.26. The van der Waals surface area contributed by atoms with Gasteiger partial charge in [0.05, 0.1) is 17.7 Å². The topological polar surface area (TPSA) is 25.5 Å². The molecule has 0 fully saturated rings. The minimum atomic E-state index is 0.336. The smallest absolute Gasteiger partial charge is 0.148 e. The molecule has 0 unspecified atom stereocenters. The van der Waals surface area contributed by atoms with Crippen molar-refractivity contribution in [3.05, 3.63) is 83.8 Å². The molecule has 3 heteroatoms. The zero-order valence-electron chi connectivity index (χ0n) is 12.9. The van der Waals surface area contributed by atoms with E-state index in [0.717, 1.165) is 23.6 Å². The quantitative estimate of drug-likeness (QED) is 0.583. The number of hydrogen-bond donors (Lipinski definition) is 0. The van der Waals surface area contributed by atoms with Gasteiger partial charge in [0.1, 0.15) is 5.76 Å². The molecule has 0 bridgehead atoms. The number of para-hydroxylation sites is 1. The van der Waals surface area contributed by atoms with Crippen LogP contribution in [-0.2, 0) is 0 Å². The molecule has 3 aromatic rings. The molecule has 23 heavy (non-hydrogen) atoms. The summed E-state index contributed by atoms with van der Waals surface area (Å²) in [4.78, 5) is 6.10. The highest BCUT2D eigenvalue weighted by Gasteiger charge is 2.23. The summed E-state index contributed by atoms with van der Waals surface area (Å²) in [6.07, 6.45) is 2.57. The molecule has 114 valence electrons. The predicted octanol–water partition coefficient (Wildman–Crippen LogP) is 5.95. The van der Waals surface area contributed by atoms with Crippen LogP contribution < -0.4 is 0 Å². The van der Waals surface area contributed by atoms with Crippen molar-refractivity contribution in [2.45, 2.75) is 23.5 Å². The van der Waals surface area contributed by atoms with E-state index in [-0.39, 0.29) is 0 Å². The first-order chi connectivity index (χ1) is 11.3. The Morgan fingerprint density at radius 3 is 2.61 bits per heavy atom. The fourth-order valence-electron chi connectivity index (χ4n) is 2.78. The van der Waals surface area contributed by atoms with Crippen LogP contribution in [0.4, 0.5) is 5.69 Å². The summed E-state index contributed by atoms with van der Waals surface area (Å²) in [6.45, 7) is 2.12. The van der Waals surface area contributed by atoms with Crippen molar-refractivity contribution >= 4 is 23.2 Å². The maximum atomic E-state index is 5.61. The third kappa shape index (κ3) is 2.97. The zero-order chi connectivity index (χ0) is 15.6. The van der Waals surface area contributed by atoms with E-state index in [1.807, 2.05) is 30.0 Å². The van der Waals surface area contributed by atoms with Gasteiger partial charge in [-0.1, -0.05) is 42.0 Å². The Morgan fingerprint density at radius 2 is 1.83 bits per heavy atom. The second-order valence-corrected chi connectivity index (χ2v) is 6.97. The van der Waals surface area contributed by atoms with E-state index in [0.29, 0.717) is 5.25 Å². The molecule has 0 amide bonds. The maximum Gasteiger partial charge on any atom is 0.148 e. The highest BCUT2D eigenvalue weighted by Crippen LogP contribution is 2.45. The Labute approximate surface area is 140 Å². The van der Waals surface area contributed by atoms with Gasteiger partial charge in [0, 0.05) is 16.6 Å². The molecule has 1 aliphatic rings. The molecule has 0 radical (unpaired) electrons. The van der Waals surface area contributed by atoms with E-state index < -0.39 is 0 Å². The fraction of sp³-hybridized carbons (Fsp3) is 0.150. The average Bonchev–Trinajstić information content (AvgIpc) is 3.03. The van der Waals surface area contributed by atoms with Crippen LogP contribution in [0.3, 0.4) is 0 Å². The van der Waals surface area contributed by atoms with Crippen LogP contribution in [0.2, 0.25) is 0 Å². The van der Waals surface area contributed by atoms with Crippen LogP contribution in [0.25, 0.3) is 0 Å². The summed E-state index contributed by atoms with van der Waals surface area (Å²) in [5, 5.41) is 0.336. The minimum Gasteiger partial charge on any atom is -0.463 e.